The Labute approximate surface area is 110 Å². The fraction of sp³-hybridized carbons (Fsp3) is 0.636. The van der Waals surface area contributed by atoms with Crippen LogP contribution in [0, 0.1) is 16.0 Å². The van der Waals surface area contributed by atoms with Crippen molar-refractivity contribution >= 4 is 27.4 Å². The number of carbonyl (C=O) groups is 1. The van der Waals surface area contributed by atoms with E-state index in [0.29, 0.717) is 5.13 Å². The standard InChI is InChI=1S/C11H17N3O3S/c1-3-5-6-8(4-2)10(15)13-11-12-7-9(18-11)14(16)17/h7-8H,3-6H2,1-2H3,(H,12,13,15)/t8-/m0/s1. The van der Waals surface area contributed by atoms with Crippen molar-refractivity contribution < 1.29 is 9.72 Å². The van der Waals surface area contributed by atoms with E-state index in [0.717, 1.165) is 43.2 Å². The molecule has 1 amide bonds. The van der Waals surface area contributed by atoms with Gasteiger partial charge in [0.15, 0.2) is 5.13 Å². The summed E-state index contributed by atoms with van der Waals surface area (Å²) in [6, 6.07) is 0. The van der Waals surface area contributed by atoms with Gasteiger partial charge in [-0.3, -0.25) is 14.9 Å². The summed E-state index contributed by atoms with van der Waals surface area (Å²) in [5.74, 6) is -0.150. The summed E-state index contributed by atoms with van der Waals surface area (Å²) in [6.07, 6.45) is 4.81. The number of hydrogen-bond donors (Lipinski definition) is 1. The summed E-state index contributed by atoms with van der Waals surface area (Å²) in [5, 5.41) is 13.4. The van der Waals surface area contributed by atoms with Gasteiger partial charge < -0.3 is 5.32 Å². The van der Waals surface area contributed by atoms with Crippen LogP contribution in [0.25, 0.3) is 0 Å². The molecule has 7 heteroatoms. The molecule has 0 fully saturated rings. The van der Waals surface area contributed by atoms with E-state index in [-0.39, 0.29) is 16.8 Å². The minimum atomic E-state index is -0.512. The molecule has 0 bridgehead atoms. The summed E-state index contributed by atoms with van der Waals surface area (Å²) < 4.78 is 0. The lowest BCUT2D eigenvalue weighted by Crippen LogP contribution is -2.22. The number of anilines is 1. The van der Waals surface area contributed by atoms with E-state index < -0.39 is 4.92 Å². The van der Waals surface area contributed by atoms with Crippen molar-refractivity contribution in [2.45, 2.75) is 39.5 Å². The van der Waals surface area contributed by atoms with Gasteiger partial charge in [-0.15, -0.1) is 0 Å². The summed E-state index contributed by atoms with van der Waals surface area (Å²) in [6.45, 7) is 4.04. The first-order valence-corrected chi connectivity index (χ1v) is 6.81. The fourth-order valence-corrected chi connectivity index (χ4v) is 2.22. The highest BCUT2D eigenvalue weighted by Gasteiger charge is 2.19. The smallest absolute Gasteiger partial charge is 0.302 e. The maximum absolute atomic E-state index is 11.9. The molecule has 18 heavy (non-hydrogen) atoms. The number of aromatic nitrogens is 1. The van der Waals surface area contributed by atoms with E-state index in [1.54, 1.807) is 0 Å². The summed E-state index contributed by atoms with van der Waals surface area (Å²) in [7, 11) is 0. The highest BCUT2D eigenvalue weighted by atomic mass is 32.1. The molecular formula is C11H17N3O3S. The summed E-state index contributed by atoms with van der Waals surface area (Å²) in [4.78, 5) is 25.7. The number of thiazole rings is 1. The lowest BCUT2D eigenvalue weighted by molar-refractivity contribution is -0.380. The molecular weight excluding hydrogens is 254 g/mol. The molecule has 0 unspecified atom stereocenters. The number of rotatable bonds is 7. The van der Waals surface area contributed by atoms with Crippen molar-refractivity contribution in [2.24, 2.45) is 5.92 Å². The molecule has 0 radical (unpaired) electrons. The zero-order chi connectivity index (χ0) is 13.5. The largest absolute Gasteiger partial charge is 0.345 e. The second-order valence-electron chi connectivity index (χ2n) is 4.00. The molecule has 1 aromatic heterocycles. The first-order chi connectivity index (χ1) is 8.58. The van der Waals surface area contributed by atoms with Gasteiger partial charge in [-0.05, 0) is 24.2 Å². The quantitative estimate of drug-likeness (QED) is 0.609. The van der Waals surface area contributed by atoms with Crippen LogP contribution in [-0.4, -0.2) is 15.8 Å². The van der Waals surface area contributed by atoms with E-state index in [4.69, 9.17) is 0 Å². The van der Waals surface area contributed by atoms with Crippen LogP contribution < -0.4 is 5.32 Å². The number of nitrogens with zero attached hydrogens (tertiary/aromatic N) is 2. The molecule has 0 saturated heterocycles. The second kappa shape index (κ2) is 7.05. The number of nitro groups is 1. The monoisotopic (exact) mass is 271 g/mol. The molecule has 6 nitrogen and oxygen atoms in total. The van der Waals surface area contributed by atoms with Crippen LogP contribution in [0.3, 0.4) is 0 Å². The number of carbonyl (C=O) groups excluding carboxylic acids is 1. The number of unbranched alkanes of at least 4 members (excludes halogenated alkanes) is 1. The third kappa shape index (κ3) is 4.06. The van der Waals surface area contributed by atoms with Crippen LogP contribution in [0.5, 0.6) is 0 Å². The van der Waals surface area contributed by atoms with Crippen molar-refractivity contribution in [3.8, 4) is 0 Å². The Morgan fingerprint density at radius 2 is 2.33 bits per heavy atom. The van der Waals surface area contributed by atoms with Crippen molar-refractivity contribution in [1.82, 2.24) is 4.98 Å². The summed E-state index contributed by atoms with van der Waals surface area (Å²) in [5.41, 5.74) is 0. The Hall–Kier alpha value is -1.50. The Bertz CT molecular complexity index is 419. The second-order valence-corrected chi connectivity index (χ2v) is 5.01. The van der Waals surface area contributed by atoms with Crippen molar-refractivity contribution in [2.75, 3.05) is 5.32 Å². The first-order valence-electron chi connectivity index (χ1n) is 5.99. The van der Waals surface area contributed by atoms with Crippen LogP contribution in [0.15, 0.2) is 6.20 Å². The van der Waals surface area contributed by atoms with Gasteiger partial charge in [-0.1, -0.05) is 26.7 Å². The molecule has 1 atom stereocenters. The third-order valence-corrected chi connectivity index (χ3v) is 3.54. The van der Waals surface area contributed by atoms with E-state index in [9.17, 15) is 14.9 Å². The van der Waals surface area contributed by atoms with Gasteiger partial charge in [0.05, 0.1) is 4.92 Å². The molecule has 0 saturated carbocycles. The molecule has 0 aliphatic heterocycles. The first kappa shape index (κ1) is 14.6. The highest BCUT2D eigenvalue weighted by Crippen LogP contribution is 2.26. The van der Waals surface area contributed by atoms with Gasteiger partial charge in [0.1, 0.15) is 6.20 Å². The van der Waals surface area contributed by atoms with Gasteiger partial charge in [0.2, 0.25) is 5.91 Å². The minimum Gasteiger partial charge on any atom is -0.302 e. The highest BCUT2D eigenvalue weighted by molar-refractivity contribution is 7.18. The molecule has 0 aliphatic carbocycles. The Kier molecular flexibility index (Phi) is 5.70. The average Bonchev–Trinajstić information content (AvgIpc) is 2.78. The number of nitrogens with one attached hydrogen (secondary N) is 1. The minimum absolute atomic E-state index is 0.0482. The van der Waals surface area contributed by atoms with Crippen molar-refractivity contribution in [1.29, 1.82) is 0 Å². The maximum atomic E-state index is 11.9. The van der Waals surface area contributed by atoms with E-state index >= 15 is 0 Å². The van der Waals surface area contributed by atoms with Crippen LogP contribution >= 0.6 is 11.3 Å². The lowest BCUT2D eigenvalue weighted by Gasteiger charge is -2.12. The predicted molar refractivity (Wildman–Crippen MR) is 70.7 cm³/mol. The maximum Gasteiger partial charge on any atom is 0.345 e. The molecule has 1 N–H and O–H groups in total. The van der Waals surface area contributed by atoms with E-state index in [1.807, 2.05) is 6.92 Å². The van der Waals surface area contributed by atoms with Gasteiger partial charge in [-0.25, -0.2) is 4.98 Å². The predicted octanol–water partition coefficient (Wildman–Crippen LogP) is 3.21. The SMILES string of the molecule is CCCC[C@H](CC)C(=O)Nc1ncc([N+](=O)[O-])s1. The van der Waals surface area contributed by atoms with Crippen LogP contribution in [0.2, 0.25) is 0 Å². The topological polar surface area (TPSA) is 85.1 Å². The Balaban J connectivity index is 2.58. The van der Waals surface area contributed by atoms with Gasteiger partial charge in [-0.2, -0.15) is 0 Å². The number of amides is 1. The zero-order valence-electron chi connectivity index (χ0n) is 10.5. The van der Waals surface area contributed by atoms with Crippen molar-refractivity contribution in [3.05, 3.63) is 16.3 Å². The summed E-state index contributed by atoms with van der Waals surface area (Å²) >= 11 is 0.879. The van der Waals surface area contributed by atoms with Crippen LogP contribution in [0.4, 0.5) is 10.1 Å². The molecule has 1 rings (SSSR count). The third-order valence-electron chi connectivity index (χ3n) is 2.67. The zero-order valence-corrected chi connectivity index (χ0v) is 11.3. The molecule has 100 valence electrons. The fourth-order valence-electron chi connectivity index (χ4n) is 1.59. The molecule has 0 spiro atoms. The lowest BCUT2D eigenvalue weighted by atomic mass is 9.99. The molecule has 0 aromatic carbocycles. The van der Waals surface area contributed by atoms with E-state index in [2.05, 4.69) is 17.2 Å². The van der Waals surface area contributed by atoms with Gasteiger partial charge >= 0.3 is 5.00 Å². The van der Waals surface area contributed by atoms with Crippen LogP contribution in [0.1, 0.15) is 39.5 Å². The Morgan fingerprint density at radius 1 is 1.61 bits per heavy atom. The van der Waals surface area contributed by atoms with Gasteiger partial charge in [0.25, 0.3) is 0 Å². The Morgan fingerprint density at radius 3 is 2.83 bits per heavy atom. The van der Waals surface area contributed by atoms with E-state index in [1.165, 1.54) is 0 Å². The normalized spacial score (nSPS) is 12.1. The van der Waals surface area contributed by atoms with Crippen molar-refractivity contribution in [3.63, 3.8) is 0 Å². The molecule has 1 aromatic rings. The average molecular weight is 271 g/mol. The number of hydrogen-bond acceptors (Lipinski definition) is 5. The molecule has 1 heterocycles. The van der Waals surface area contributed by atoms with Gasteiger partial charge in [0, 0.05) is 5.92 Å². The van der Waals surface area contributed by atoms with Crippen LogP contribution in [-0.2, 0) is 4.79 Å². The molecule has 0 aliphatic rings.